The van der Waals surface area contributed by atoms with Gasteiger partial charge in [0.2, 0.25) is 5.43 Å². The number of H-pyrrole nitrogens is 1. The summed E-state index contributed by atoms with van der Waals surface area (Å²) in [6.45, 7) is 1.34. The predicted molar refractivity (Wildman–Crippen MR) is 112 cm³/mol. The van der Waals surface area contributed by atoms with Crippen LogP contribution in [0.15, 0.2) is 46.2 Å². The molecule has 2 aromatic carbocycles. The molecule has 3 rings (SSSR count). The van der Waals surface area contributed by atoms with Crippen molar-refractivity contribution in [3.05, 3.63) is 73.4 Å². The monoisotopic (exact) mass is 435 g/mol. The third kappa shape index (κ3) is 3.94. The zero-order valence-corrected chi connectivity index (χ0v) is 17.3. The van der Waals surface area contributed by atoms with Crippen molar-refractivity contribution < 1.29 is 14.3 Å². The van der Waals surface area contributed by atoms with E-state index >= 15 is 0 Å². The second kappa shape index (κ2) is 8.39. The Morgan fingerprint density at radius 3 is 2.32 bits per heavy atom. The van der Waals surface area contributed by atoms with Gasteiger partial charge in [-0.2, -0.15) is 0 Å². The summed E-state index contributed by atoms with van der Waals surface area (Å²) in [6.07, 6.45) is 0. The van der Waals surface area contributed by atoms with Gasteiger partial charge in [0.15, 0.2) is 5.78 Å². The molecule has 0 aliphatic rings. The van der Waals surface area contributed by atoms with Crippen LogP contribution < -0.4 is 5.43 Å². The number of aromatic nitrogens is 1. The average Bonchev–Trinajstić information content (AvgIpc) is 2.68. The highest BCUT2D eigenvalue weighted by Gasteiger charge is 2.19. The summed E-state index contributed by atoms with van der Waals surface area (Å²) in [5, 5.41) is 1.20. The van der Waals surface area contributed by atoms with Crippen LogP contribution in [0.4, 0.5) is 0 Å². The number of ketones is 1. The van der Waals surface area contributed by atoms with E-state index in [0.29, 0.717) is 26.9 Å². The fourth-order valence-corrected chi connectivity index (χ4v) is 4.25. The lowest BCUT2D eigenvalue weighted by Gasteiger charge is -2.11. The Hall–Kier alpha value is -2.28. The number of carbonyl (C=O) groups is 2. The van der Waals surface area contributed by atoms with Crippen LogP contribution in [0.1, 0.15) is 33.2 Å². The number of fused-ring (bicyclic) bond motifs is 1. The molecular weight excluding hydrogens is 421 g/mol. The lowest BCUT2D eigenvalue weighted by atomic mass is 10.1. The maximum Gasteiger partial charge on any atom is 0.337 e. The van der Waals surface area contributed by atoms with E-state index in [1.54, 1.807) is 30.3 Å². The number of benzene rings is 2. The summed E-state index contributed by atoms with van der Waals surface area (Å²) in [6, 6.07) is 10.0. The number of halogens is 2. The predicted octanol–water partition coefficient (Wildman–Crippen LogP) is 5.12. The first-order valence-electron chi connectivity index (χ1n) is 8.18. The minimum atomic E-state index is -0.447. The van der Waals surface area contributed by atoms with Crippen molar-refractivity contribution in [3.8, 4) is 0 Å². The summed E-state index contributed by atoms with van der Waals surface area (Å²) >= 11 is 13.7. The Kier molecular flexibility index (Phi) is 6.13. The van der Waals surface area contributed by atoms with Crippen molar-refractivity contribution in [2.24, 2.45) is 0 Å². The van der Waals surface area contributed by atoms with E-state index in [2.05, 4.69) is 9.72 Å². The standard InChI is InChI=1S/C20H15Cl2NO4S/c1-10(24)15-18(25)16-13(21)7-8-14(22)17(16)23-19(15)28-9-11-3-5-12(6-4-11)20(26)27-2/h3-8H,9H2,1-2H3,(H,23,25). The molecule has 8 heteroatoms. The van der Waals surface area contributed by atoms with Gasteiger partial charge in [0.1, 0.15) is 0 Å². The number of pyridine rings is 1. The average molecular weight is 436 g/mol. The summed E-state index contributed by atoms with van der Waals surface area (Å²) in [4.78, 5) is 39.6. The fraction of sp³-hybridized carbons (Fsp3) is 0.150. The molecule has 0 fully saturated rings. The van der Waals surface area contributed by atoms with Gasteiger partial charge in [-0.15, -0.1) is 11.8 Å². The van der Waals surface area contributed by atoms with Gasteiger partial charge in [0.25, 0.3) is 0 Å². The molecule has 28 heavy (non-hydrogen) atoms. The molecule has 1 heterocycles. The Labute approximate surface area is 175 Å². The lowest BCUT2D eigenvalue weighted by Crippen LogP contribution is -2.17. The van der Waals surface area contributed by atoms with Gasteiger partial charge < -0.3 is 9.72 Å². The van der Waals surface area contributed by atoms with Gasteiger partial charge in [-0.1, -0.05) is 35.3 Å². The first kappa shape index (κ1) is 20.5. The third-order valence-electron chi connectivity index (χ3n) is 4.13. The second-order valence-electron chi connectivity index (χ2n) is 5.97. The Morgan fingerprint density at radius 1 is 1.07 bits per heavy atom. The number of carbonyl (C=O) groups excluding carboxylic acids is 2. The number of ether oxygens (including phenoxy) is 1. The van der Waals surface area contributed by atoms with Gasteiger partial charge in [0, 0.05) is 5.75 Å². The summed E-state index contributed by atoms with van der Waals surface area (Å²) in [7, 11) is 1.32. The van der Waals surface area contributed by atoms with Gasteiger partial charge in [-0.05, 0) is 36.8 Å². The molecule has 0 saturated carbocycles. The summed E-state index contributed by atoms with van der Waals surface area (Å²) in [5.41, 5.74) is 1.35. The number of rotatable bonds is 5. The van der Waals surface area contributed by atoms with Crippen molar-refractivity contribution >= 4 is 57.6 Å². The number of hydrogen-bond acceptors (Lipinski definition) is 5. The van der Waals surface area contributed by atoms with Gasteiger partial charge in [-0.3, -0.25) is 9.59 Å². The molecule has 3 aromatic rings. The second-order valence-corrected chi connectivity index (χ2v) is 7.77. The molecule has 0 saturated heterocycles. The number of esters is 1. The molecule has 5 nitrogen and oxygen atoms in total. The van der Waals surface area contributed by atoms with Crippen LogP contribution >= 0.6 is 35.0 Å². The number of thioether (sulfide) groups is 1. The number of Topliss-reactive ketones (excluding diaryl/α,β-unsaturated/α-hetero) is 1. The first-order valence-corrected chi connectivity index (χ1v) is 9.92. The molecule has 1 aromatic heterocycles. The van der Waals surface area contributed by atoms with Crippen molar-refractivity contribution in [2.45, 2.75) is 17.7 Å². The highest BCUT2D eigenvalue weighted by Crippen LogP contribution is 2.31. The van der Waals surface area contributed by atoms with Crippen molar-refractivity contribution in [3.63, 3.8) is 0 Å². The van der Waals surface area contributed by atoms with E-state index in [9.17, 15) is 14.4 Å². The van der Waals surface area contributed by atoms with Crippen molar-refractivity contribution in [1.29, 1.82) is 0 Å². The summed E-state index contributed by atoms with van der Waals surface area (Å²) < 4.78 is 4.68. The molecule has 0 radical (unpaired) electrons. The third-order valence-corrected chi connectivity index (χ3v) is 5.84. The molecule has 0 bridgehead atoms. The largest absolute Gasteiger partial charge is 0.465 e. The Bertz CT molecular complexity index is 1140. The number of nitrogens with one attached hydrogen (secondary N) is 1. The number of aromatic amines is 1. The van der Waals surface area contributed by atoms with Gasteiger partial charge in [-0.25, -0.2) is 4.79 Å². The minimum Gasteiger partial charge on any atom is -0.465 e. The Morgan fingerprint density at radius 2 is 1.71 bits per heavy atom. The van der Waals surface area contributed by atoms with Crippen LogP contribution in [0.3, 0.4) is 0 Å². The zero-order chi connectivity index (χ0) is 20.4. The van der Waals surface area contributed by atoms with Crippen molar-refractivity contribution in [2.75, 3.05) is 7.11 Å². The SMILES string of the molecule is COC(=O)c1ccc(CSc2[nH]c3c(Cl)ccc(Cl)c3c(=O)c2C(C)=O)cc1. The fourth-order valence-electron chi connectivity index (χ4n) is 2.74. The minimum absolute atomic E-state index is 0.0489. The molecule has 0 spiro atoms. The van der Waals surface area contributed by atoms with Gasteiger partial charge in [0.05, 0.1) is 44.2 Å². The Balaban J connectivity index is 2.00. The number of hydrogen-bond donors (Lipinski definition) is 1. The van der Waals surface area contributed by atoms with Crippen molar-refractivity contribution in [1.82, 2.24) is 4.98 Å². The van der Waals surface area contributed by atoms with E-state index in [1.165, 1.54) is 31.9 Å². The smallest absolute Gasteiger partial charge is 0.337 e. The molecule has 0 aliphatic carbocycles. The quantitative estimate of drug-likeness (QED) is 0.342. The zero-order valence-electron chi connectivity index (χ0n) is 15.0. The van der Waals surface area contributed by atoms with Crippen LogP contribution in [-0.4, -0.2) is 23.8 Å². The molecular formula is C20H15Cl2NO4S. The van der Waals surface area contributed by atoms with Crippen LogP contribution in [0, 0.1) is 0 Å². The molecule has 144 valence electrons. The normalized spacial score (nSPS) is 10.9. The van der Waals surface area contributed by atoms with E-state index < -0.39 is 11.4 Å². The maximum atomic E-state index is 12.9. The molecule has 0 atom stereocenters. The van der Waals surface area contributed by atoms with Crippen LogP contribution in [0.25, 0.3) is 10.9 Å². The highest BCUT2D eigenvalue weighted by atomic mass is 35.5. The molecule has 0 aliphatic heterocycles. The molecule has 1 N–H and O–H groups in total. The van der Waals surface area contributed by atoms with E-state index in [-0.39, 0.29) is 21.8 Å². The van der Waals surface area contributed by atoms with Gasteiger partial charge >= 0.3 is 5.97 Å². The first-order chi connectivity index (χ1) is 13.3. The molecule has 0 unspecified atom stereocenters. The highest BCUT2D eigenvalue weighted by molar-refractivity contribution is 7.98. The van der Waals surface area contributed by atoms with Crippen LogP contribution in [0.2, 0.25) is 10.0 Å². The summed E-state index contributed by atoms with van der Waals surface area (Å²) in [5.74, 6) is -0.298. The van der Waals surface area contributed by atoms with E-state index in [1.807, 2.05) is 0 Å². The van der Waals surface area contributed by atoms with E-state index in [0.717, 1.165) is 5.56 Å². The number of methoxy groups -OCH3 is 1. The van der Waals surface area contributed by atoms with E-state index in [4.69, 9.17) is 23.2 Å². The lowest BCUT2D eigenvalue weighted by molar-refractivity contribution is 0.0600. The van der Waals surface area contributed by atoms with Crippen LogP contribution in [-0.2, 0) is 10.5 Å². The van der Waals surface area contributed by atoms with Crippen LogP contribution in [0.5, 0.6) is 0 Å². The topological polar surface area (TPSA) is 76.2 Å². The maximum absolute atomic E-state index is 12.9. The molecule has 0 amide bonds.